The van der Waals surface area contributed by atoms with E-state index in [1.54, 1.807) is 0 Å². The van der Waals surface area contributed by atoms with Crippen LogP contribution >= 0.6 is 0 Å². The van der Waals surface area contributed by atoms with Gasteiger partial charge in [-0.15, -0.1) is 0 Å². The lowest BCUT2D eigenvalue weighted by molar-refractivity contribution is 0.00739. The zero-order valence-corrected chi connectivity index (χ0v) is 14.5. The maximum atomic E-state index is 12.4. The van der Waals surface area contributed by atoms with Crippen LogP contribution < -0.4 is 0 Å². The molecule has 0 unspecified atom stereocenters. The molecule has 2 nitrogen and oxygen atoms in total. The standard InChI is InChI=1S/C23H20O2/c1-16-7-11-18(12-8-16)23(19-13-9-17(2)10-14-19)21-6-4-3-5-20(21)22(24)15-25-23/h3-14H,15H2,1-2H3. The Balaban J connectivity index is 2.04. The normalized spacial score (nSPS) is 15.7. The maximum absolute atomic E-state index is 12.4. The van der Waals surface area contributed by atoms with Gasteiger partial charge in [0.15, 0.2) is 5.78 Å². The molecular weight excluding hydrogens is 308 g/mol. The lowest BCUT2D eigenvalue weighted by atomic mass is 9.75. The molecule has 0 fully saturated rings. The van der Waals surface area contributed by atoms with E-state index in [0.29, 0.717) is 0 Å². The number of ketones is 1. The average molecular weight is 328 g/mol. The van der Waals surface area contributed by atoms with Crippen molar-refractivity contribution < 1.29 is 9.53 Å². The molecule has 25 heavy (non-hydrogen) atoms. The van der Waals surface area contributed by atoms with Crippen LogP contribution in [-0.2, 0) is 10.3 Å². The van der Waals surface area contributed by atoms with Crippen molar-refractivity contribution in [1.82, 2.24) is 0 Å². The molecular formula is C23H20O2. The van der Waals surface area contributed by atoms with E-state index in [1.807, 2.05) is 24.3 Å². The van der Waals surface area contributed by atoms with Crippen molar-refractivity contribution >= 4 is 5.78 Å². The van der Waals surface area contributed by atoms with E-state index >= 15 is 0 Å². The molecule has 1 heterocycles. The molecule has 4 rings (SSSR count). The Morgan fingerprint density at radius 1 is 0.760 bits per heavy atom. The number of rotatable bonds is 2. The van der Waals surface area contributed by atoms with E-state index in [2.05, 4.69) is 62.4 Å². The summed E-state index contributed by atoms with van der Waals surface area (Å²) in [5.41, 5.74) is 5.38. The Bertz CT molecular complexity index is 876. The minimum Gasteiger partial charge on any atom is -0.353 e. The van der Waals surface area contributed by atoms with Gasteiger partial charge in [0.05, 0.1) is 0 Å². The highest BCUT2D eigenvalue weighted by atomic mass is 16.5. The van der Waals surface area contributed by atoms with Gasteiger partial charge in [0.1, 0.15) is 12.2 Å². The SMILES string of the molecule is Cc1ccc(C2(c3ccc(C)cc3)OCC(=O)c3ccccc32)cc1. The van der Waals surface area contributed by atoms with Crippen LogP contribution in [0.15, 0.2) is 72.8 Å². The number of Topliss-reactive ketones (excluding diaryl/α,β-unsaturated/α-hetero) is 1. The van der Waals surface area contributed by atoms with Gasteiger partial charge in [0, 0.05) is 11.1 Å². The van der Waals surface area contributed by atoms with Gasteiger partial charge in [-0.05, 0) is 25.0 Å². The fourth-order valence-corrected chi connectivity index (χ4v) is 3.58. The summed E-state index contributed by atoms with van der Waals surface area (Å²) in [4.78, 5) is 12.4. The quantitative estimate of drug-likeness (QED) is 0.675. The van der Waals surface area contributed by atoms with Crippen LogP contribution in [0.5, 0.6) is 0 Å². The maximum Gasteiger partial charge on any atom is 0.188 e. The predicted octanol–water partition coefficient (Wildman–Crippen LogP) is 4.81. The number of benzene rings is 3. The Morgan fingerprint density at radius 3 is 1.84 bits per heavy atom. The number of carbonyl (C=O) groups is 1. The first-order chi connectivity index (χ1) is 12.1. The van der Waals surface area contributed by atoms with Crippen LogP contribution in [0, 0.1) is 13.8 Å². The van der Waals surface area contributed by atoms with Gasteiger partial charge in [-0.1, -0.05) is 83.9 Å². The molecule has 2 heteroatoms. The minimum absolute atomic E-state index is 0.0328. The summed E-state index contributed by atoms with van der Waals surface area (Å²) in [6, 6.07) is 24.5. The van der Waals surface area contributed by atoms with Gasteiger partial charge in [-0.3, -0.25) is 4.79 Å². The smallest absolute Gasteiger partial charge is 0.188 e. The molecule has 1 aliphatic heterocycles. The Morgan fingerprint density at radius 2 is 1.28 bits per heavy atom. The van der Waals surface area contributed by atoms with Crippen molar-refractivity contribution in [3.63, 3.8) is 0 Å². The van der Waals surface area contributed by atoms with Gasteiger partial charge in [-0.25, -0.2) is 0 Å². The second-order valence-corrected chi connectivity index (χ2v) is 6.67. The third-order valence-corrected chi connectivity index (χ3v) is 4.94. The minimum atomic E-state index is -0.758. The molecule has 0 saturated carbocycles. The van der Waals surface area contributed by atoms with Crippen molar-refractivity contribution in [1.29, 1.82) is 0 Å². The molecule has 0 aromatic heterocycles. The Hall–Kier alpha value is -2.71. The van der Waals surface area contributed by atoms with Gasteiger partial charge in [-0.2, -0.15) is 0 Å². The molecule has 3 aromatic rings. The van der Waals surface area contributed by atoms with Gasteiger partial charge in [0.2, 0.25) is 0 Å². The first-order valence-electron chi connectivity index (χ1n) is 8.52. The number of carbonyl (C=O) groups excluding carboxylic acids is 1. The second-order valence-electron chi connectivity index (χ2n) is 6.67. The molecule has 0 spiro atoms. The van der Waals surface area contributed by atoms with Crippen LogP contribution in [0.1, 0.15) is 38.2 Å². The van der Waals surface area contributed by atoms with Crippen molar-refractivity contribution in [2.75, 3.05) is 6.61 Å². The predicted molar refractivity (Wildman–Crippen MR) is 99.0 cm³/mol. The van der Waals surface area contributed by atoms with Crippen LogP contribution in [-0.4, -0.2) is 12.4 Å². The highest BCUT2D eigenvalue weighted by Crippen LogP contribution is 2.44. The third-order valence-electron chi connectivity index (χ3n) is 4.94. The van der Waals surface area contributed by atoms with Crippen molar-refractivity contribution in [3.8, 4) is 0 Å². The van der Waals surface area contributed by atoms with E-state index in [9.17, 15) is 4.79 Å². The van der Waals surface area contributed by atoms with E-state index < -0.39 is 5.60 Å². The number of ether oxygens (including phenoxy) is 1. The first-order valence-corrected chi connectivity index (χ1v) is 8.52. The zero-order chi connectivity index (χ0) is 17.4. The van der Waals surface area contributed by atoms with E-state index in [-0.39, 0.29) is 12.4 Å². The number of hydrogen-bond donors (Lipinski definition) is 0. The molecule has 0 radical (unpaired) electrons. The summed E-state index contributed by atoms with van der Waals surface area (Å²) < 4.78 is 6.31. The fraction of sp³-hybridized carbons (Fsp3) is 0.174. The molecule has 1 aliphatic rings. The summed E-state index contributed by atoms with van der Waals surface area (Å²) in [5.74, 6) is 0.0328. The van der Waals surface area contributed by atoms with Crippen molar-refractivity contribution in [2.24, 2.45) is 0 Å². The highest BCUT2D eigenvalue weighted by molar-refractivity contribution is 6.00. The third kappa shape index (κ3) is 2.50. The van der Waals surface area contributed by atoms with Gasteiger partial charge < -0.3 is 4.74 Å². The lowest BCUT2D eigenvalue weighted by Gasteiger charge is -2.39. The molecule has 0 bridgehead atoms. The fourth-order valence-electron chi connectivity index (χ4n) is 3.58. The summed E-state index contributed by atoms with van der Waals surface area (Å²) in [5, 5.41) is 0. The second kappa shape index (κ2) is 5.98. The monoisotopic (exact) mass is 328 g/mol. The first kappa shape index (κ1) is 15.8. The molecule has 0 amide bonds. The van der Waals surface area contributed by atoms with E-state index in [0.717, 1.165) is 22.3 Å². The molecule has 124 valence electrons. The number of fused-ring (bicyclic) bond motifs is 1. The molecule has 0 saturated heterocycles. The molecule has 0 atom stereocenters. The van der Waals surface area contributed by atoms with Crippen LogP contribution in [0.4, 0.5) is 0 Å². The van der Waals surface area contributed by atoms with Gasteiger partial charge in [0.25, 0.3) is 0 Å². The van der Waals surface area contributed by atoms with E-state index in [1.165, 1.54) is 11.1 Å². The largest absolute Gasteiger partial charge is 0.353 e. The average Bonchev–Trinajstić information content (AvgIpc) is 2.64. The van der Waals surface area contributed by atoms with Crippen molar-refractivity contribution in [3.05, 3.63) is 106 Å². The Kier molecular flexibility index (Phi) is 3.78. The number of aryl methyl sites for hydroxylation is 2. The topological polar surface area (TPSA) is 26.3 Å². The van der Waals surface area contributed by atoms with Crippen LogP contribution in [0.3, 0.4) is 0 Å². The molecule has 0 N–H and O–H groups in total. The highest BCUT2D eigenvalue weighted by Gasteiger charge is 2.43. The molecule has 3 aromatic carbocycles. The van der Waals surface area contributed by atoms with Gasteiger partial charge >= 0.3 is 0 Å². The lowest BCUT2D eigenvalue weighted by Crippen LogP contribution is -2.40. The summed E-state index contributed by atoms with van der Waals surface area (Å²) >= 11 is 0. The summed E-state index contributed by atoms with van der Waals surface area (Å²) in [6.45, 7) is 4.22. The van der Waals surface area contributed by atoms with Crippen LogP contribution in [0.2, 0.25) is 0 Å². The van der Waals surface area contributed by atoms with Crippen LogP contribution in [0.25, 0.3) is 0 Å². The van der Waals surface area contributed by atoms with Crippen molar-refractivity contribution in [2.45, 2.75) is 19.4 Å². The van der Waals surface area contributed by atoms with E-state index in [4.69, 9.17) is 4.74 Å². The summed E-state index contributed by atoms with van der Waals surface area (Å²) in [7, 11) is 0. The number of hydrogen-bond acceptors (Lipinski definition) is 2. The molecule has 0 aliphatic carbocycles. The zero-order valence-electron chi connectivity index (χ0n) is 14.5. The Labute approximate surface area is 148 Å². The summed E-state index contributed by atoms with van der Waals surface area (Å²) in [6.07, 6.45) is 0.